The van der Waals surface area contributed by atoms with Crippen molar-refractivity contribution in [1.82, 2.24) is 49.0 Å². The van der Waals surface area contributed by atoms with Crippen LogP contribution in [0.1, 0.15) is 121 Å². The van der Waals surface area contributed by atoms with Gasteiger partial charge in [0, 0.05) is 97.6 Å². The minimum Gasteiger partial charge on any atom is -0.483 e. The van der Waals surface area contributed by atoms with Crippen LogP contribution in [0, 0.1) is 24.7 Å². The van der Waals surface area contributed by atoms with E-state index in [0.29, 0.717) is 85.5 Å². The lowest BCUT2D eigenvalue weighted by molar-refractivity contribution is -0.122. The number of hydrogen-bond donors (Lipinski definition) is 3. The van der Waals surface area contributed by atoms with E-state index in [9.17, 15) is 19.2 Å². The third kappa shape index (κ3) is 14.1. The monoisotopic (exact) mass is 1180 g/mol. The third-order valence-corrected chi connectivity index (χ3v) is 17.1. The van der Waals surface area contributed by atoms with Crippen molar-refractivity contribution in [3.8, 4) is 47.2 Å². The topological polar surface area (TPSA) is 227 Å². The molecule has 0 bridgehead atoms. The Kier molecular flexibility index (Phi) is 21.1. The Morgan fingerprint density at radius 2 is 0.965 bits per heavy atom. The molecule has 4 aromatic carbocycles. The number of terminal acetylenes is 2. The smallest absolute Gasteiger partial charge is 0.290 e. The summed E-state index contributed by atoms with van der Waals surface area (Å²) < 4.78 is 5.98. The van der Waals surface area contributed by atoms with Crippen molar-refractivity contribution in [2.24, 2.45) is 20.5 Å². The van der Waals surface area contributed by atoms with Crippen molar-refractivity contribution < 1.29 is 29.1 Å². The van der Waals surface area contributed by atoms with E-state index in [1.165, 1.54) is 22.7 Å². The average molecular weight is 1190 g/mol. The first kappa shape index (κ1) is 62.4. The maximum absolute atomic E-state index is 13.7. The number of carbonyl (C=O) groups excluding carboxylic acids is 4. The van der Waals surface area contributed by atoms with Gasteiger partial charge in [-0.3, -0.25) is 42.6 Å². The molecule has 0 atom stereocenters. The summed E-state index contributed by atoms with van der Waals surface area (Å²) in [6.45, 7) is 20.4. The van der Waals surface area contributed by atoms with E-state index in [1.807, 2.05) is 120 Å². The van der Waals surface area contributed by atoms with Gasteiger partial charge in [0.1, 0.15) is 0 Å². The molecular weight excluding hydrogens is 1110 g/mol. The molecule has 8 aromatic rings. The van der Waals surface area contributed by atoms with Gasteiger partial charge in [0.2, 0.25) is 0 Å². The fraction of sp³-hybridized carbons (Fsp3) is 0.381. The summed E-state index contributed by atoms with van der Waals surface area (Å²) in [6, 6.07) is 26.4. The molecule has 442 valence electrons. The van der Waals surface area contributed by atoms with Gasteiger partial charge >= 0.3 is 0 Å². The van der Waals surface area contributed by atoms with Crippen molar-refractivity contribution in [3.63, 3.8) is 0 Å². The highest BCUT2D eigenvalue weighted by Crippen LogP contribution is 2.41. The Balaban J connectivity index is 0.000000212. The molecule has 4 amide bonds. The lowest BCUT2D eigenvalue weighted by atomic mass is 10.0. The SMILES string of the molecule is C#CCCC1(N(CC)C(=O)c2ccccc2-c2cn3c(n2)sc2cc(C(=O)NCCCN(CC)CC)ccc23)N=N1.C#CCCC1(N(CC)C(=O)c2ccccc2-c2cn3c(n2)sc2cc(C(=O)NCCCN(CC)CC)ccc23)N=N1.O=CO. The van der Waals surface area contributed by atoms with E-state index >= 15 is 0 Å². The quantitative estimate of drug-likeness (QED) is 0.0264. The molecule has 2 aliphatic heterocycles. The largest absolute Gasteiger partial charge is 0.483 e. The Labute approximate surface area is 503 Å². The molecule has 22 heteroatoms. The highest BCUT2D eigenvalue weighted by molar-refractivity contribution is 7.24. The van der Waals surface area contributed by atoms with Crippen LogP contribution in [0.25, 0.3) is 52.9 Å². The van der Waals surface area contributed by atoms with Crippen LogP contribution in [0.4, 0.5) is 0 Å². The molecule has 0 radical (unpaired) electrons. The van der Waals surface area contributed by atoms with Crippen molar-refractivity contribution in [2.75, 3.05) is 65.4 Å². The fourth-order valence-electron chi connectivity index (χ4n) is 10.3. The van der Waals surface area contributed by atoms with Crippen LogP contribution in [0.15, 0.2) is 118 Å². The summed E-state index contributed by atoms with van der Waals surface area (Å²) >= 11 is 3.03. The number of imidazole rings is 2. The predicted octanol–water partition coefficient (Wildman–Crippen LogP) is 11.0. The molecule has 0 unspecified atom stereocenters. The number of amides is 4. The van der Waals surface area contributed by atoms with E-state index in [1.54, 1.807) is 9.80 Å². The van der Waals surface area contributed by atoms with Gasteiger partial charge < -0.3 is 25.5 Å². The van der Waals surface area contributed by atoms with E-state index in [4.69, 9.17) is 32.7 Å². The number of fused-ring (bicyclic) bond motifs is 6. The number of carbonyl (C=O) groups is 5. The predicted molar refractivity (Wildman–Crippen MR) is 335 cm³/mol. The number of nitrogens with one attached hydrogen (secondary N) is 2. The number of carboxylic acid groups (broad SMARTS) is 1. The van der Waals surface area contributed by atoms with Crippen LogP contribution in [0.5, 0.6) is 0 Å². The fourth-order valence-corrected chi connectivity index (χ4v) is 12.4. The molecular formula is C63H72N14O6S2. The second-order valence-electron chi connectivity index (χ2n) is 20.1. The second kappa shape index (κ2) is 28.7. The van der Waals surface area contributed by atoms with Crippen molar-refractivity contribution in [1.29, 1.82) is 0 Å². The summed E-state index contributed by atoms with van der Waals surface area (Å²) in [5.41, 5.74) is 7.18. The lowest BCUT2D eigenvalue weighted by Crippen LogP contribution is -2.43. The molecule has 85 heavy (non-hydrogen) atoms. The Bertz CT molecular complexity index is 3580. The molecule has 4 aromatic heterocycles. The highest BCUT2D eigenvalue weighted by atomic mass is 32.1. The van der Waals surface area contributed by atoms with Crippen LogP contribution >= 0.6 is 22.7 Å². The first-order valence-electron chi connectivity index (χ1n) is 28.8. The first-order chi connectivity index (χ1) is 41.3. The number of benzene rings is 4. The van der Waals surface area contributed by atoms with Gasteiger partial charge in [-0.15, -0.1) is 45.1 Å². The normalized spacial score (nSPS) is 13.2. The average Bonchev–Trinajstić information content (AvgIpc) is 2.20. The van der Waals surface area contributed by atoms with Crippen LogP contribution in [-0.4, -0.2) is 151 Å². The van der Waals surface area contributed by atoms with E-state index < -0.39 is 11.6 Å². The zero-order valence-corrected chi connectivity index (χ0v) is 50.6. The standard InChI is InChI=1S/2C31H35N7O2S.CH2O2/c2*1-5-9-17-31(34-35-31)38(8-4)29(40)24-14-11-10-13-23(24)25-21-37-26-16-15-22(20-27(26)41-30(37)33-25)28(39)32-18-12-19-36(6-2)7-3;2-1-3/h2*1,10-11,13-16,20-21H,6-9,12,17-19H2,2-4H3,(H,32,39);1H,(H,2,3). The van der Waals surface area contributed by atoms with Gasteiger partial charge in [0.15, 0.2) is 9.92 Å². The van der Waals surface area contributed by atoms with E-state index in [2.05, 4.69) is 80.4 Å². The number of hydrogen-bond acceptors (Lipinski definition) is 15. The zero-order valence-electron chi connectivity index (χ0n) is 49.0. The summed E-state index contributed by atoms with van der Waals surface area (Å²) in [4.78, 5) is 80.7. The van der Waals surface area contributed by atoms with Crippen LogP contribution in [-0.2, 0) is 4.79 Å². The second-order valence-corrected chi connectivity index (χ2v) is 22.1. The molecule has 0 spiro atoms. The minimum absolute atomic E-state index is 0.0692. The molecule has 3 N–H and O–H groups in total. The van der Waals surface area contributed by atoms with Crippen LogP contribution in [0.3, 0.4) is 0 Å². The summed E-state index contributed by atoms with van der Waals surface area (Å²) in [5, 5.41) is 29.7. The lowest BCUT2D eigenvalue weighted by Gasteiger charge is -2.27. The van der Waals surface area contributed by atoms with Crippen LogP contribution < -0.4 is 10.6 Å². The first-order valence-corrected chi connectivity index (χ1v) is 30.4. The van der Waals surface area contributed by atoms with Gasteiger partial charge in [-0.05, 0) is 114 Å². The summed E-state index contributed by atoms with van der Waals surface area (Å²) in [6.07, 6.45) is 18.6. The molecule has 0 saturated heterocycles. The Morgan fingerprint density at radius 1 is 0.588 bits per heavy atom. The van der Waals surface area contributed by atoms with E-state index in [0.717, 1.165) is 93.6 Å². The summed E-state index contributed by atoms with van der Waals surface area (Å²) in [5.74, 6) is 3.06. The highest BCUT2D eigenvalue weighted by Gasteiger charge is 2.49. The molecule has 0 saturated carbocycles. The Morgan fingerprint density at radius 3 is 1.31 bits per heavy atom. The van der Waals surface area contributed by atoms with Crippen LogP contribution in [0.2, 0.25) is 0 Å². The number of aromatic nitrogens is 4. The molecule has 0 fully saturated rings. The number of nitrogens with zero attached hydrogens (tertiary/aromatic N) is 12. The van der Waals surface area contributed by atoms with Gasteiger partial charge in [0.05, 0.1) is 31.8 Å². The third-order valence-electron chi connectivity index (χ3n) is 15.1. The molecule has 20 nitrogen and oxygen atoms in total. The molecule has 2 aliphatic rings. The number of rotatable bonds is 26. The van der Waals surface area contributed by atoms with Gasteiger partial charge in [-0.1, -0.05) is 86.8 Å². The molecule has 0 aliphatic carbocycles. The van der Waals surface area contributed by atoms with Gasteiger partial charge in [0.25, 0.3) is 41.7 Å². The van der Waals surface area contributed by atoms with E-state index in [-0.39, 0.29) is 30.1 Å². The number of thiazole rings is 2. The zero-order chi connectivity index (χ0) is 60.7. The van der Waals surface area contributed by atoms with Crippen molar-refractivity contribution >= 4 is 83.1 Å². The van der Waals surface area contributed by atoms with Crippen molar-refractivity contribution in [3.05, 3.63) is 120 Å². The van der Waals surface area contributed by atoms with Crippen molar-refractivity contribution in [2.45, 2.75) is 91.6 Å². The molecule has 10 rings (SSSR count). The maximum atomic E-state index is 13.7. The minimum atomic E-state index is -0.870. The van der Waals surface area contributed by atoms with Gasteiger partial charge in [-0.2, -0.15) is 0 Å². The summed E-state index contributed by atoms with van der Waals surface area (Å²) in [7, 11) is 0. The maximum Gasteiger partial charge on any atom is 0.290 e. The Hall–Kier alpha value is -8.67. The van der Waals surface area contributed by atoms with Gasteiger partial charge in [-0.25, -0.2) is 9.97 Å². The molecule has 6 heterocycles.